The molecule has 0 aliphatic carbocycles. The highest BCUT2D eigenvalue weighted by molar-refractivity contribution is 7.92. The minimum Gasteiger partial charge on any atom is -0.326 e. The van der Waals surface area contributed by atoms with E-state index < -0.39 is 28.0 Å². The van der Waals surface area contributed by atoms with Crippen molar-refractivity contribution in [3.05, 3.63) is 29.3 Å². The van der Waals surface area contributed by atoms with E-state index in [4.69, 9.17) is 11.6 Å². The van der Waals surface area contributed by atoms with E-state index in [-0.39, 0.29) is 12.2 Å². The summed E-state index contributed by atoms with van der Waals surface area (Å²) in [6.45, 7) is 0. The van der Waals surface area contributed by atoms with Crippen LogP contribution < -0.4 is 15.4 Å². The van der Waals surface area contributed by atoms with E-state index in [0.29, 0.717) is 10.7 Å². The Hall–Kier alpha value is -1.80. The van der Waals surface area contributed by atoms with Crippen molar-refractivity contribution >= 4 is 39.2 Å². The minimum absolute atomic E-state index is 0.00648. The van der Waals surface area contributed by atoms with Crippen LogP contribution in [0.4, 0.5) is 10.5 Å². The zero-order chi connectivity index (χ0) is 14.8. The third-order valence-corrected chi connectivity index (χ3v) is 4.19. The van der Waals surface area contributed by atoms with E-state index in [0.717, 1.165) is 0 Å². The number of nitrogens with one attached hydrogen (secondary N) is 3. The minimum atomic E-state index is -3.62. The van der Waals surface area contributed by atoms with Gasteiger partial charge in [0.2, 0.25) is 10.0 Å². The number of benzene rings is 1. The van der Waals surface area contributed by atoms with Crippen molar-refractivity contribution in [2.45, 2.75) is 12.5 Å². The van der Waals surface area contributed by atoms with Crippen molar-refractivity contribution < 1.29 is 18.0 Å². The molecule has 1 heterocycles. The average Bonchev–Trinajstić information content (AvgIpc) is 2.65. The molecule has 1 atom stereocenters. The maximum Gasteiger partial charge on any atom is 0.322 e. The molecule has 0 spiro atoms. The molecular weight excluding hydrogens is 306 g/mol. The van der Waals surface area contributed by atoms with E-state index in [2.05, 4.69) is 10.0 Å². The first-order valence-electron chi connectivity index (χ1n) is 5.73. The van der Waals surface area contributed by atoms with Gasteiger partial charge in [-0.15, -0.1) is 0 Å². The van der Waals surface area contributed by atoms with Crippen molar-refractivity contribution in [2.24, 2.45) is 0 Å². The lowest BCUT2D eigenvalue weighted by molar-refractivity contribution is -0.120. The Morgan fingerprint density at radius 1 is 1.30 bits per heavy atom. The average molecular weight is 318 g/mol. The van der Waals surface area contributed by atoms with Crippen LogP contribution in [0.25, 0.3) is 0 Å². The highest BCUT2D eigenvalue weighted by Crippen LogP contribution is 2.16. The zero-order valence-corrected chi connectivity index (χ0v) is 11.8. The van der Waals surface area contributed by atoms with Gasteiger partial charge in [-0.2, -0.15) is 0 Å². The Bertz CT molecular complexity index is 647. The van der Waals surface area contributed by atoms with Crippen LogP contribution in [0.5, 0.6) is 0 Å². The Balaban J connectivity index is 1.94. The molecule has 20 heavy (non-hydrogen) atoms. The molecule has 0 radical (unpaired) electrons. The first-order chi connectivity index (χ1) is 9.35. The molecule has 3 amide bonds. The third-order valence-electron chi connectivity index (χ3n) is 2.63. The Morgan fingerprint density at radius 2 is 2.05 bits per heavy atom. The molecule has 0 aromatic heterocycles. The standard InChI is InChI=1S/C11H12ClN3O4S/c12-7-2-1-3-8(6-7)15-20(18,19)5-4-9-10(16)14-11(17)13-9/h1-3,6,9,15H,4-5H2,(H2,13,14,16,17). The fraction of sp³-hybridized carbons (Fsp3) is 0.273. The molecule has 7 nitrogen and oxygen atoms in total. The van der Waals surface area contributed by atoms with Crippen molar-refractivity contribution in [2.75, 3.05) is 10.5 Å². The first kappa shape index (κ1) is 14.6. The smallest absolute Gasteiger partial charge is 0.322 e. The van der Waals surface area contributed by atoms with Gasteiger partial charge in [0.05, 0.1) is 5.75 Å². The summed E-state index contributed by atoms with van der Waals surface area (Å²) in [4.78, 5) is 22.2. The molecule has 1 aliphatic rings. The summed E-state index contributed by atoms with van der Waals surface area (Å²) in [5, 5.41) is 4.78. The van der Waals surface area contributed by atoms with Gasteiger partial charge in [0.1, 0.15) is 6.04 Å². The number of urea groups is 1. The number of carbonyl (C=O) groups is 2. The normalized spacial score (nSPS) is 18.6. The van der Waals surface area contributed by atoms with Crippen LogP contribution in [0.3, 0.4) is 0 Å². The molecule has 3 N–H and O–H groups in total. The van der Waals surface area contributed by atoms with Crippen molar-refractivity contribution in [3.63, 3.8) is 0 Å². The topological polar surface area (TPSA) is 104 Å². The Kier molecular flexibility index (Phi) is 4.15. The van der Waals surface area contributed by atoms with Crippen molar-refractivity contribution in [1.29, 1.82) is 0 Å². The highest BCUT2D eigenvalue weighted by Gasteiger charge is 2.30. The lowest BCUT2D eigenvalue weighted by atomic mass is 10.2. The molecule has 1 unspecified atom stereocenters. The fourth-order valence-corrected chi connectivity index (χ4v) is 3.04. The third kappa shape index (κ3) is 3.84. The molecule has 1 saturated heterocycles. The summed E-state index contributed by atoms with van der Waals surface area (Å²) in [6.07, 6.45) is -0.00648. The molecule has 0 bridgehead atoms. The molecular formula is C11H12ClN3O4S. The number of anilines is 1. The molecule has 108 valence electrons. The van der Waals surface area contributed by atoms with Crippen LogP contribution in [0.1, 0.15) is 6.42 Å². The highest BCUT2D eigenvalue weighted by atomic mass is 35.5. The SMILES string of the molecule is O=C1NC(=O)C(CCS(=O)(=O)Nc2cccc(Cl)c2)N1. The van der Waals surface area contributed by atoms with Gasteiger partial charge < -0.3 is 5.32 Å². The predicted molar refractivity (Wildman–Crippen MR) is 73.9 cm³/mol. The maximum atomic E-state index is 11.9. The summed E-state index contributed by atoms with van der Waals surface area (Å²) in [5.41, 5.74) is 0.345. The molecule has 1 aromatic rings. The second-order valence-electron chi connectivity index (χ2n) is 4.24. The van der Waals surface area contributed by atoms with Gasteiger partial charge in [0.15, 0.2) is 0 Å². The number of halogens is 1. The molecule has 1 aliphatic heterocycles. The van der Waals surface area contributed by atoms with E-state index >= 15 is 0 Å². The lowest BCUT2D eigenvalue weighted by Gasteiger charge is -2.10. The Morgan fingerprint density at radius 3 is 2.65 bits per heavy atom. The monoisotopic (exact) mass is 317 g/mol. The number of rotatable bonds is 5. The molecule has 2 rings (SSSR count). The quantitative estimate of drug-likeness (QED) is 0.694. The molecule has 1 fully saturated rings. The van der Waals surface area contributed by atoms with Gasteiger partial charge in [-0.05, 0) is 24.6 Å². The van der Waals surface area contributed by atoms with Crippen LogP contribution >= 0.6 is 11.6 Å². The van der Waals surface area contributed by atoms with E-state index in [1.54, 1.807) is 18.2 Å². The van der Waals surface area contributed by atoms with Gasteiger partial charge in [-0.3, -0.25) is 14.8 Å². The van der Waals surface area contributed by atoms with Gasteiger partial charge in [0.25, 0.3) is 5.91 Å². The van der Waals surface area contributed by atoms with Crippen LogP contribution in [-0.2, 0) is 14.8 Å². The van der Waals surface area contributed by atoms with Gasteiger partial charge in [-0.1, -0.05) is 17.7 Å². The first-order valence-corrected chi connectivity index (χ1v) is 7.76. The van der Waals surface area contributed by atoms with Gasteiger partial charge in [0, 0.05) is 10.7 Å². The summed E-state index contributed by atoms with van der Waals surface area (Å²) in [5.74, 6) is -0.814. The fourth-order valence-electron chi connectivity index (χ4n) is 1.72. The zero-order valence-electron chi connectivity index (χ0n) is 10.2. The second kappa shape index (κ2) is 5.68. The van der Waals surface area contributed by atoms with E-state index in [1.165, 1.54) is 6.07 Å². The summed E-state index contributed by atoms with van der Waals surface area (Å²) >= 11 is 5.75. The lowest BCUT2D eigenvalue weighted by Crippen LogP contribution is -2.32. The number of hydrogen-bond donors (Lipinski definition) is 3. The second-order valence-corrected chi connectivity index (χ2v) is 6.51. The maximum absolute atomic E-state index is 11.9. The largest absolute Gasteiger partial charge is 0.326 e. The number of carbonyl (C=O) groups excluding carboxylic acids is 2. The van der Waals surface area contributed by atoms with Crippen molar-refractivity contribution in [3.8, 4) is 0 Å². The number of sulfonamides is 1. The van der Waals surface area contributed by atoms with Crippen LogP contribution in [0.2, 0.25) is 5.02 Å². The molecule has 0 saturated carbocycles. The predicted octanol–water partition coefficient (Wildman–Crippen LogP) is 0.680. The summed E-state index contributed by atoms with van der Waals surface area (Å²) in [6, 6.07) is 4.85. The number of hydrogen-bond acceptors (Lipinski definition) is 4. The number of imide groups is 1. The molecule has 1 aromatic carbocycles. The number of amides is 3. The van der Waals surface area contributed by atoms with E-state index in [1.807, 2.05) is 5.32 Å². The summed E-state index contributed by atoms with van der Waals surface area (Å²) in [7, 11) is -3.62. The Labute approximate surface area is 120 Å². The van der Waals surface area contributed by atoms with Crippen molar-refractivity contribution in [1.82, 2.24) is 10.6 Å². The summed E-state index contributed by atoms with van der Waals surface area (Å²) < 4.78 is 26.1. The molecule has 9 heteroatoms. The van der Waals surface area contributed by atoms with Crippen LogP contribution in [0.15, 0.2) is 24.3 Å². The van der Waals surface area contributed by atoms with Gasteiger partial charge >= 0.3 is 6.03 Å². The van der Waals surface area contributed by atoms with Crippen LogP contribution in [-0.4, -0.2) is 32.2 Å². The van der Waals surface area contributed by atoms with Gasteiger partial charge in [-0.25, -0.2) is 13.2 Å². The van der Waals surface area contributed by atoms with Crippen LogP contribution in [0, 0.1) is 0 Å². The van der Waals surface area contributed by atoms with E-state index in [9.17, 15) is 18.0 Å².